The molecule has 0 radical (unpaired) electrons. The van der Waals surface area contributed by atoms with E-state index in [1.165, 1.54) is 6.42 Å². The number of esters is 1. The van der Waals surface area contributed by atoms with Crippen molar-refractivity contribution >= 4 is 5.97 Å². The molecule has 1 aliphatic rings. The summed E-state index contributed by atoms with van der Waals surface area (Å²) in [6.45, 7) is 16.5. The van der Waals surface area contributed by atoms with Crippen molar-refractivity contribution in [3.8, 4) is 5.75 Å². The van der Waals surface area contributed by atoms with Gasteiger partial charge in [-0.1, -0.05) is 57.5 Å². The van der Waals surface area contributed by atoms with E-state index >= 15 is 0 Å². The number of rotatable bonds is 10. The summed E-state index contributed by atoms with van der Waals surface area (Å²) < 4.78 is 6.13. The first-order valence-electron chi connectivity index (χ1n) is 13.9. The number of hydrogen-bond acceptors (Lipinski definition) is 4. The summed E-state index contributed by atoms with van der Waals surface area (Å²) in [6, 6.07) is 16.4. The van der Waals surface area contributed by atoms with Crippen LogP contribution in [0.4, 0.5) is 0 Å². The third kappa shape index (κ3) is 7.12. The molecule has 0 aromatic heterocycles. The van der Waals surface area contributed by atoms with Crippen LogP contribution in [0.25, 0.3) is 0 Å². The zero-order valence-electron chi connectivity index (χ0n) is 23.4. The molecule has 1 N–H and O–H groups in total. The molecule has 1 fully saturated rings. The standard InChI is InChI=1S/C32H47NO3/c1-21(2)27-15-13-24(7)19-31(27)36-32(35)26-14-16-30(34)29(20-26)28(25-11-9-8-10-12-25)17-18-33(22(3)4)23(5)6/h8-12,14,16,20-24,27-28,31,34H,13,15,17-19H2,1-7H3/t24-,27+,28-,31-/m0/s1. The highest BCUT2D eigenvalue weighted by molar-refractivity contribution is 5.90. The molecule has 0 bridgehead atoms. The molecule has 4 heteroatoms. The van der Waals surface area contributed by atoms with Crippen LogP contribution in [0.1, 0.15) is 102 Å². The van der Waals surface area contributed by atoms with Gasteiger partial charge in [0.2, 0.25) is 0 Å². The van der Waals surface area contributed by atoms with E-state index in [0.717, 1.165) is 36.9 Å². The fraction of sp³-hybridized carbons (Fsp3) is 0.594. The van der Waals surface area contributed by atoms with Crippen LogP contribution in [-0.4, -0.2) is 40.7 Å². The minimum absolute atomic E-state index is 0.0166. The largest absolute Gasteiger partial charge is 0.508 e. The van der Waals surface area contributed by atoms with Crippen LogP contribution in [0.3, 0.4) is 0 Å². The lowest BCUT2D eigenvalue weighted by atomic mass is 9.75. The second-order valence-electron chi connectivity index (χ2n) is 11.7. The second-order valence-corrected chi connectivity index (χ2v) is 11.7. The number of hydrogen-bond donors (Lipinski definition) is 1. The lowest BCUT2D eigenvalue weighted by molar-refractivity contribution is -0.0174. The van der Waals surface area contributed by atoms with Gasteiger partial charge < -0.3 is 9.84 Å². The predicted molar refractivity (Wildman–Crippen MR) is 149 cm³/mol. The summed E-state index contributed by atoms with van der Waals surface area (Å²) in [4.78, 5) is 15.8. The second kappa shape index (κ2) is 12.8. The van der Waals surface area contributed by atoms with E-state index in [-0.39, 0.29) is 23.7 Å². The molecular formula is C32H47NO3. The van der Waals surface area contributed by atoms with Gasteiger partial charge in [-0.25, -0.2) is 4.79 Å². The average molecular weight is 494 g/mol. The molecule has 2 aromatic carbocycles. The van der Waals surface area contributed by atoms with Crippen molar-refractivity contribution in [1.82, 2.24) is 4.90 Å². The minimum atomic E-state index is -0.279. The summed E-state index contributed by atoms with van der Waals surface area (Å²) >= 11 is 0. The molecular weight excluding hydrogens is 446 g/mol. The molecule has 2 aromatic rings. The maximum absolute atomic E-state index is 13.3. The summed E-state index contributed by atoms with van der Waals surface area (Å²) in [5.74, 6) is 1.39. The van der Waals surface area contributed by atoms with E-state index in [0.29, 0.717) is 35.4 Å². The molecule has 0 amide bonds. The van der Waals surface area contributed by atoms with Gasteiger partial charge in [-0.3, -0.25) is 4.90 Å². The zero-order valence-corrected chi connectivity index (χ0v) is 23.4. The van der Waals surface area contributed by atoms with Crippen LogP contribution in [0.15, 0.2) is 48.5 Å². The maximum atomic E-state index is 13.3. The Bertz CT molecular complexity index is 961. The van der Waals surface area contributed by atoms with Gasteiger partial charge >= 0.3 is 5.97 Å². The van der Waals surface area contributed by atoms with Gasteiger partial charge in [0.15, 0.2) is 0 Å². The van der Waals surface area contributed by atoms with Crippen LogP contribution >= 0.6 is 0 Å². The van der Waals surface area contributed by atoms with Gasteiger partial charge in [0.1, 0.15) is 11.9 Å². The quantitative estimate of drug-likeness (QED) is 0.345. The molecule has 0 spiro atoms. The Morgan fingerprint density at radius 3 is 2.28 bits per heavy atom. The van der Waals surface area contributed by atoms with Gasteiger partial charge in [-0.2, -0.15) is 0 Å². The minimum Gasteiger partial charge on any atom is -0.508 e. The Labute approximate surface area is 219 Å². The van der Waals surface area contributed by atoms with E-state index in [1.54, 1.807) is 12.1 Å². The van der Waals surface area contributed by atoms with Crippen LogP contribution in [0.2, 0.25) is 0 Å². The molecule has 4 nitrogen and oxygen atoms in total. The first-order valence-corrected chi connectivity index (χ1v) is 13.9. The highest BCUT2D eigenvalue weighted by Crippen LogP contribution is 2.37. The van der Waals surface area contributed by atoms with Crippen LogP contribution in [0.5, 0.6) is 5.75 Å². The monoisotopic (exact) mass is 493 g/mol. The third-order valence-corrected chi connectivity index (χ3v) is 8.06. The van der Waals surface area contributed by atoms with Crippen LogP contribution < -0.4 is 0 Å². The Morgan fingerprint density at radius 2 is 1.67 bits per heavy atom. The molecule has 0 heterocycles. The highest BCUT2D eigenvalue weighted by atomic mass is 16.5. The van der Waals surface area contributed by atoms with E-state index < -0.39 is 0 Å². The molecule has 4 atom stereocenters. The number of carbonyl (C=O) groups excluding carboxylic acids is 1. The van der Waals surface area contributed by atoms with Gasteiger partial charge in [0.05, 0.1) is 5.56 Å². The van der Waals surface area contributed by atoms with Crippen molar-refractivity contribution < 1.29 is 14.6 Å². The lowest BCUT2D eigenvalue weighted by Crippen LogP contribution is -2.38. The molecule has 0 unspecified atom stereocenters. The van der Waals surface area contributed by atoms with Crippen molar-refractivity contribution in [2.24, 2.45) is 17.8 Å². The number of aromatic hydroxyl groups is 1. The molecule has 36 heavy (non-hydrogen) atoms. The third-order valence-electron chi connectivity index (χ3n) is 8.06. The van der Waals surface area contributed by atoms with Crippen molar-refractivity contribution in [1.29, 1.82) is 0 Å². The fourth-order valence-corrected chi connectivity index (χ4v) is 5.99. The Morgan fingerprint density at radius 1 is 1.00 bits per heavy atom. The van der Waals surface area contributed by atoms with Gasteiger partial charge in [-0.05, 0) is 95.0 Å². The first kappa shape index (κ1) is 28.2. The molecule has 198 valence electrons. The number of phenols is 1. The smallest absolute Gasteiger partial charge is 0.338 e. The van der Waals surface area contributed by atoms with Crippen LogP contribution in [0, 0.1) is 17.8 Å². The summed E-state index contributed by atoms with van der Waals surface area (Å²) in [5, 5.41) is 10.9. The maximum Gasteiger partial charge on any atom is 0.338 e. The number of benzene rings is 2. The van der Waals surface area contributed by atoms with Crippen LogP contribution in [-0.2, 0) is 4.74 Å². The van der Waals surface area contributed by atoms with Gasteiger partial charge in [0.25, 0.3) is 0 Å². The topological polar surface area (TPSA) is 49.8 Å². The summed E-state index contributed by atoms with van der Waals surface area (Å²) in [6.07, 6.45) is 4.03. The van der Waals surface area contributed by atoms with E-state index in [4.69, 9.17) is 4.74 Å². The summed E-state index contributed by atoms with van der Waals surface area (Å²) in [7, 11) is 0. The van der Waals surface area contributed by atoms with E-state index in [1.807, 2.05) is 24.3 Å². The van der Waals surface area contributed by atoms with Crippen molar-refractivity contribution in [2.45, 2.75) is 98.3 Å². The zero-order chi connectivity index (χ0) is 26.4. The Kier molecular flexibility index (Phi) is 10.0. The van der Waals surface area contributed by atoms with E-state index in [9.17, 15) is 9.90 Å². The van der Waals surface area contributed by atoms with Gasteiger partial charge in [-0.15, -0.1) is 0 Å². The lowest BCUT2D eigenvalue weighted by Gasteiger charge is -2.36. The normalized spacial score (nSPS) is 21.4. The summed E-state index contributed by atoms with van der Waals surface area (Å²) in [5.41, 5.74) is 2.46. The van der Waals surface area contributed by atoms with Crippen molar-refractivity contribution in [3.63, 3.8) is 0 Å². The number of carbonyl (C=O) groups is 1. The fourth-order valence-electron chi connectivity index (χ4n) is 5.99. The Hall–Kier alpha value is -2.33. The number of ether oxygens (including phenoxy) is 1. The van der Waals surface area contributed by atoms with Crippen molar-refractivity contribution in [3.05, 3.63) is 65.2 Å². The molecule has 0 aliphatic heterocycles. The average Bonchev–Trinajstić information content (AvgIpc) is 2.82. The van der Waals surface area contributed by atoms with Gasteiger partial charge in [0, 0.05) is 23.6 Å². The number of phenolic OH excluding ortho intramolecular Hbond substituents is 1. The molecule has 1 aliphatic carbocycles. The molecule has 0 saturated heterocycles. The molecule has 1 saturated carbocycles. The molecule has 3 rings (SSSR count). The predicted octanol–water partition coefficient (Wildman–Crippen LogP) is 7.65. The first-order chi connectivity index (χ1) is 17.1. The SMILES string of the molecule is CC(C)[C@H]1CC[C@H](C)C[C@@H]1OC(=O)c1ccc(O)c([C@@H](CCN(C(C)C)C(C)C)c2ccccc2)c1. The van der Waals surface area contributed by atoms with Crippen molar-refractivity contribution in [2.75, 3.05) is 6.54 Å². The Balaban J connectivity index is 1.88. The highest BCUT2D eigenvalue weighted by Gasteiger charge is 2.34. The van der Waals surface area contributed by atoms with E-state index in [2.05, 4.69) is 65.5 Å². The number of nitrogens with zero attached hydrogens (tertiary/aromatic N) is 1.